The summed E-state index contributed by atoms with van der Waals surface area (Å²) in [7, 11) is 0. The van der Waals surface area contributed by atoms with Crippen LogP contribution in [0, 0.1) is 5.92 Å². The smallest absolute Gasteiger partial charge is 0.225 e. The maximum Gasteiger partial charge on any atom is 0.225 e. The van der Waals surface area contributed by atoms with Gasteiger partial charge in [-0.05, 0) is 30.9 Å². The van der Waals surface area contributed by atoms with Gasteiger partial charge in [-0.2, -0.15) is 0 Å². The summed E-state index contributed by atoms with van der Waals surface area (Å²) in [6.45, 7) is 0. The van der Waals surface area contributed by atoms with Crippen LogP contribution in [0.3, 0.4) is 0 Å². The lowest BCUT2D eigenvalue weighted by Gasteiger charge is -2.08. The lowest BCUT2D eigenvalue weighted by molar-refractivity contribution is -0.117. The molecule has 0 spiro atoms. The molecule has 1 amide bonds. The standard InChI is InChI=1S/C15H18N2O/c18-15(9-11-5-1-2-6-11)17-14-10-12-7-3-4-8-13(12)16-14/h3-4,7-8,10-11,16H,1-2,5-6,9H2,(H,17,18). The molecule has 0 radical (unpaired) electrons. The van der Waals surface area contributed by atoms with E-state index in [2.05, 4.69) is 10.3 Å². The molecule has 1 aromatic heterocycles. The molecule has 18 heavy (non-hydrogen) atoms. The Labute approximate surface area is 107 Å². The highest BCUT2D eigenvalue weighted by Gasteiger charge is 2.18. The van der Waals surface area contributed by atoms with Crippen molar-refractivity contribution in [2.45, 2.75) is 32.1 Å². The lowest BCUT2D eigenvalue weighted by atomic mass is 10.0. The lowest BCUT2D eigenvalue weighted by Crippen LogP contribution is -2.15. The molecule has 1 heterocycles. The molecule has 3 rings (SSSR count). The highest BCUT2D eigenvalue weighted by atomic mass is 16.1. The fraction of sp³-hybridized carbons (Fsp3) is 0.400. The molecule has 94 valence electrons. The number of nitrogens with one attached hydrogen (secondary N) is 2. The Bertz CT molecular complexity index is 519. The Hall–Kier alpha value is -1.77. The number of amides is 1. The third-order valence-corrected chi connectivity index (χ3v) is 3.75. The number of hydrogen-bond acceptors (Lipinski definition) is 1. The zero-order chi connectivity index (χ0) is 12.4. The fourth-order valence-electron chi connectivity index (χ4n) is 2.82. The van der Waals surface area contributed by atoms with Crippen LogP contribution < -0.4 is 5.32 Å². The molecule has 0 aliphatic heterocycles. The summed E-state index contributed by atoms with van der Waals surface area (Å²) in [5.41, 5.74) is 1.06. The zero-order valence-electron chi connectivity index (χ0n) is 10.4. The number of fused-ring (bicyclic) bond motifs is 1. The number of carbonyl (C=O) groups excluding carboxylic acids is 1. The van der Waals surface area contributed by atoms with E-state index < -0.39 is 0 Å². The van der Waals surface area contributed by atoms with Crippen molar-refractivity contribution in [3.8, 4) is 0 Å². The molecule has 0 unspecified atom stereocenters. The van der Waals surface area contributed by atoms with E-state index in [1.54, 1.807) is 0 Å². The summed E-state index contributed by atoms with van der Waals surface area (Å²) < 4.78 is 0. The summed E-state index contributed by atoms with van der Waals surface area (Å²) in [4.78, 5) is 15.1. The first-order valence-corrected chi connectivity index (χ1v) is 6.69. The molecule has 2 aromatic rings. The van der Waals surface area contributed by atoms with E-state index in [1.165, 1.54) is 25.7 Å². The van der Waals surface area contributed by atoms with Gasteiger partial charge in [0.15, 0.2) is 0 Å². The van der Waals surface area contributed by atoms with Gasteiger partial charge in [0.05, 0.1) is 0 Å². The molecule has 1 aromatic carbocycles. The summed E-state index contributed by atoms with van der Waals surface area (Å²) in [6.07, 6.45) is 5.64. The minimum Gasteiger partial charge on any atom is -0.341 e. The van der Waals surface area contributed by atoms with Gasteiger partial charge in [-0.3, -0.25) is 4.79 Å². The van der Waals surface area contributed by atoms with E-state index in [4.69, 9.17) is 0 Å². The van der Waals surface area contributed by atoms with Gasteiger partial charge < -0.3 is 10.3 Å². The van der Waals surface area contributed by atoms with Gasteiger partial charge in [0.25, 0.3) is 0 Å². The molecule has 3 nitrogen and oxygen atoms in total. The minimum absolute atomic E-state index is 0.133. The van der Waals surface area contributed by atoms with Crippen molar-refractivity contribution < 1.29 is 4.79 Å². The number of aromatic amines is 1. The fourth-order valence-corrected chi connectivity index (χ4v) is 2.82. The summed E-state index contributed by atoms with van der Waals surface area (Å²) in [5, 5.41) is 4.10. The second-order valence-electron chi connectivity index (χ2n) is 5.17. The summed E-state index contributed by atoms with van der Waals surface area (Å²) in [6, 6.07) is 10.0. The van der Waals surface area contributed by atoms with Crippen molar-refractivity contribution in [3.63, 3.8) is 0 Å². The van der Waals surface area contributed by atoms with Crippen LogP contribution in [-0.2, 0) is 4.79 Å². The molecule has 1 saturated carbocycles. The highest BCUT2D eigenvalue weighted by molar-refractivity contribution is 5.93. The molecule has 1 fully saturated rings. The molecule has 1 aliphatic rings. The molecular formula is C15H18N2O. The van der Waals surface area contributed by atoms with Crippen molar-refractivity contribution in [1.29, 1.82) is 0 Å². The third kappa shape index (κ3) is 2.40. The van der Waals surface area contributed by atoms with E-state index >= 15 is 0 Å². The van der Waals surface area contributed by atoms with Gasteiger partial charge in [-0.25, -0.2) is 0 Å². The van der Waals surface area contributed by atoms with Crippen LogP contribution in [0.4, 0.5) is 5.82 Å². The molecule has 0 saturated heterocycles. The second kappa shape index (κ2) is 4.84. The average Bonchev–Trinajstić information content (AvgIpc) is 2.96. The van der Waals surface area contributed by atoms with E-state index in [1.807, 2.05) is 30.3 Å². The van der Waals surface area contributed by atoms with Crippen LogP contribution in [0.1, 0.15) is 32.1 Å². The molecule has 0 bridgehead atoms. The number of anilines is 1. The maximum atomic E-state index is 11.9. The van der Waals surface area contributed by atoms with Gasteiger partial charge in [0, 0.05) is 17.3 Å². The van der Waals surface area contributed by atoms with Crippen LogP contribution in [0.5, 0.6) is 0 Å². The van der Waals surface area contributed by atoms with Crippen LogP contribution in [-0.4, -0.2) is 10.9 Å². The molecule has 2 N–H and O–H groups in total. The normalized spacial score (nSPS) is 16.2. The van der Waals surface area contributed by atoms with E-state index in [9.17, 15) is 4.79 Å². The van der Waals surface area contributed by atoms with Crippen LogP contribution in [0.2, 0.25) is 0 Å². The number of benzene rings is 1. The van der Waals surface area contributed by atoms with Crippen molar-refractivity contribution >= 4 is 22.6 Å². The quantitative estimate of drug-likeness (QED) is 0.847. The monoisotopic (exact) mass is 242 g/mol. The Morgan fingerprint density at radius 2 is 2.06 bits per heavy atom. The Morgan fingerprint density at radius 3 is 2.83 bits per heavy atom. The van der Waals surface area contributed by atoms with Crippen molar-refractivity contribution in [2.75, 3.05) is 5.32 Å². The SMILES string of the molecule is O=C(CC1CCCC1)Nc1cc2ccccc2[nH]1. The molecule has 0 atom stereocenters. The number of para-hydroxylation sites is 1. The Kier molecular flexibility index (Phi) is 3.05. The predicted molar refractivity (Wildman–Crippen MR) is 73.5 cm³/mol. The Balaban J connectivity index is 1.66. The average molecular weight is 242 g/mol. The molecule has 1 aliphatic carbocycles. The number of hydrogen-bond donors (Lipinski definition) is 2. The first kappa shape index (κ1) is 11.3. The van der Waals surface area contributed by atoms with Gasteiger partial charge in [-0.1, -0.05) is 31.0 Å². The molecule has 3 heteroatoms. The third-order valence-electron chi connectivity index (χ3n) is 3.75. The first-order valence-electron chi connectivity index (χ1n) is 6.69. The number of carbonyl (C=O) groups is 1. The Morgan fingerprint density at radius 1 is 1.28 bits per heavy atom. The number of rotatable bonds is 3. The van der Waals surface area contributed by atoms with Crippen LogP contribution in [0.15, 0.2) is 30.3 Å². The maximum absolute atomic E-state index is 11.9. The van der Waals surface area contributed by atoms with Gasteiger partial charge in [0.2, 0.25) is 5.91 Å². The topological polar surface area (TPSA) is 44.9 Å². The van der Waals surface area contributed by atoms with Crippen LogP contribution >= 0.6 is 0 Å². The number of H-pyrrole nitrogens is 1. The van der Waals surface area contributed by atoms with Crippen molar-refractivity contribution in [2.24, 2.45) is 5.92 Å². The highest BCUT2D eigenvalue weighted by Crippen LogP contribution is 2.28. The first-order chi connectivity index (χ1) is 8.81. The number of aromatic nitrogens is 1. The summed E-state index contributed by atoms with van der Waals surface area (Å²) in [5.74, 6) is 1.53. The van der Waals surface area contributed by atoms with E-state index in [0.717, 1.165) is 16.7 Å². The van der Waals surface area contributed by atoms with Gasteiger partial charge in [-0.15, -0.1) is 0 Å². The van der Waals surface area contributed by atoms with E-state index in [-0.39, 0.29) is 5.91 Å². The minimum atomic E-state index is 0.133. The largest absolute Gasteiger partial charge is 0.341 e. The van der Waals surface area contributed by atoms with Crippen molar-refractivity contribution in [3.05, 3.63) is 30.3 Å². The molecular weight excluding hydrogens is 224 g/mol. The predicted octanol–water partition coefficient (Wildman–Crippen LogP) is 3.69. The van der Waals surface area contributed by atoms with Gasteiger partial charge >= 0.3 is 0 Å². The second-order valence-corrected chi connectivity index (χ2v) is 5.17. The van der Waals surface area contributed by atoms with Crippen LogP contribution in [0.25, 0.3) is 10.9 Å². The van der Waals surface area contributed by atoms with Gasteiger partial charge in [0.1, 0.15) is 5.82 Å². The zero-order valence-corrected chi connectivity index (χ0v) is 10.4. The van der Waals surface area contributed by atoms with E-state index in [0.29, 0.717) is 12.3 Å². The summed E-state index contributed by atoms with van der Waals surface area (Å²) >= 11 is 0. The van der Waals surface area contributed by atoms with Crippen molar-refractivity contribution in [1.82, 2.24) is 4.98 Å².